The molecule has 1 aliphatic rings. The predicted octanol–water partition coefficient (Wildman–Crippen LogP) is 3.30. The van der Waals surface area contributed by atoms with E-state index in [0.29, 0.717) is 28.7 Å². The van der Waals surface area contributed by atoms with Crippen molar-refractivity contribution in [2.45, 2.75) is 5.92 Å². The van der Waals surface area contributed by atoms with Gasteiger partial charge in [0.05, 0.1) is 18.7 Å². The van der Waals surface area contributed by atoms with Crippen LogP contribution in [-0.4, -0.2) is 17.1 Å². The van der Waals surface area contributed by atoms with E-state index in [1.165, 1.54) is 0 Å². The molecule has 6 nitrogen and oxygen atoms in total. The van der Waals surface area contributed by atoms with Crippen LogP contribution in [0.25, 0.3) is 11.4 Å². The van der Waals surface area contributed by atoms with Crippen molar-refractivity contribution in [1.82, 2.24) is 9.97 Å². The molecule has 0 spiro atoms. The molecule has 0 aliphatic carbocycles. The molecule has 3 aromatic rings. The van der Waals surface area contributed by atoms with Crippen LogP contribution in [-0.2, 0) is 0 Å². The molecule has 0 radical (unpaired) electrons. The van der Waals surface area contributed by atoms with Gasteiger partial charge in [0.2, 0.25) is 11.8 Å². The summed E-state index contributed by atoms with van der Waals surface area (Å²) in [7, 11) is 1.60. The van der Waals surface area contributed by atoms with Gasteiger partial charge in [-0.3, -0.25) is 0 Å². The largest absolute Gasteiger partial charge is 0.497 e. The Labute approximate surface area is 150 Å². The number of nitrogens with zero attached hydrogens (tertiary/aromatic N) is 2. The lowest BCUT2D eigenvalue weighted by atomic mass is 9.88. The summed E-state index contributed by atoms with van der Waals surface area (Å²) in [6.07, 6.45) is 0. The second-order valence-corrected chi connectivity index (χ2v) is 5.87. The zero-order chi connectivity index (χ0) is 18.1. The minimum atomic E-state index is -0.399. The van der Waals surface area contributed by atoms with E-state index in [1.54, 1.807) is 7.11 Å². The first kappa shape index (κ1) is 15.8. The third-order valence-electron chi connectivity index (χ3n) is 4.34. The Morgan fingerprint density at radius 3 is 2.73 bits per heavy atom. The molecule has 128 valence electrons. The number of nitrogens with two attached hydrogens (primary N) is 1. The molecule has 1 aromatic heterocycles. The Morgan fingerprint density at radius 2 is 2.00 bits per heavy atom. The minimum absolute atomic E-state index is 0.0685. The Hall–Kier alpha value is -3.72. The molecule has 0 unspecified atom stereocenters. The highest BCUT2D eigenvalue weighted by molar-refractivity contribution is 5.60. The Bertz CT molecular complexity index is 1030. The number of rotatable bonds is 3. The standard InChI is InChI=1S/C20H16N4O2/c1-25-14-9-5-8-13(10-14)16-15(11-21)18(22)26-20-17(16)23-19(24-20)12-6-3-2-4-7-12/h2-10,16H,22H2,1H3,(H,23,24)/t16-/m1/s1. The normalized spacial score (nSPS) is 15.8. The summed E-state index contributed by atoms with van der Waals surface area (Å²) < 4.78 is 10.9. The molecule has 26 heavy (non-hydrogen) atoms. The van der Waals surface area contributed by atoms with E-state index in [2.05, 4.69) is 16.0 Å². The van der Waals surface area contributed by atoms with Gasteiger partial charge in [-0.1, -0.05) is 42.5 Å². The van der Waals surface area contributed by atoms with E-state index in [9.17, 15) is 5.26 Å². The van der Waals surface area contributed by atoms with Gasteiger partial charge in [-0.2, -0.15) is 10.2 Å². The highest BCUT2D eigenvalue weighted by atomic mass is 16.5. The van der Waals surface area contributed by atoms with Gasteiger partial charge in [-0.15, -0.1) is 0 Å². The van der Waals surface area contributed by atoms with Crippen LogP contribution in [0.3, 0.4) is 0 Å². The van der Waals surface area contributed by atoms with Crippen LogP contribution >= 0.6 is 0 Å². The van der Waals surface area contributed by atoms with Gasteiger partial charge in [0.15, 0.2) is 0 Å². The fraction of sp³-hybridized carbons (Fsp3) is 0.100. The zero-order valence-corrected chi connectivity index (χ0v) is 14.1. The van der Waals surface area contributed by atoms with Crippen molar-refractivity contribution >= 4 is 0 Å². The van der Waals surface area contributed by atoms with Gasteiger partial charge < -0.3 is 20.2 Å². The number of imidazole rings is 1. The highest BCUT2D eigenvalue weighted by Gasteiger charge is 2.34. The molecule has 0 amide bonds. The number of aromatic nitrogens is 2. The van der Waals surface area contributed by atoms with Crippen LogP contribution < -0.4 is 15.2 Å². The predicted molar refractivity (Wildman–Crippen MR) is 96.3 cm³/mol. The topological polar surface area (TPSA) is 96.9 Å². The number of methoxy groups -OCH3 is 1. The molecule has 2 aromatic carbocycles. The van der Waals surface area contributed by atoms with Crippen LogP contribution in [0.1, 0.15) is 17.2 Å². The molecular formula is C20H16N4O2. The summed E-state index contributed by atoms with van der Waals surface area (Å²) in [6.45, 7) is 0. The van der Waals surface area contributed by atoms with Crippen LogP contribution in [0, 0.1) is 11.3 Å². The fourth-order valence-electron chi connectivity index (χ4n) is 3.10. The van der Waals surface area contributed by atoms with Crippen molar-refractivity contribution in [2.24, 2.45) is 5.73 Å². The van der Waals surface area contributed by atoms with E-state index >= 15 is 0 Å². The van der Waals surface area contributed by atoms with E-state index in [-0.39, 0.29) is 5.88 Å². The van der Waals surface area contributed by atoms with Crippen LogP contribution in [0.2, 0.25) is 0 Å². The number of fused-ring (bicyclic) bond motifs is 1. The van der Waals surface area contributed by atoms with Gasteiger partial charge in [0, 0.05) is 5.56 Å². The average Bonchev–Trinajstić information content (AvgIpc) is 3.11. The van der Waals surface area contributed by atoms with Crippen molar-refractivity contribution < 1.29 is 9.47 Å². The van der Waals surface area contributed by atoms with Gasteiger partial charge >= 0.3 is 0 Å². The van der Waals surface area contributed by atoms with Gasteiger partial charge in [0.25, 0.3) is 0 Å². The number of hydrogen-bond acceptors (Lipinski definition) is 5. The summed E-state index contributed by atoms with van der Waals surface area (Å²) in [4.78, 5) is 7.83. The number of nitriles is 1. The minimum Gasteiger partial charge on any atom is -0.497 e. The van der Waals surface area contributed by atoms with Crippen molar-refractivity contribution in [1.29, 1.82) is 5.26 Å². The lowest BCUT2D eigenvalue weighted by molar-refractivity contribution is 0.379. The first-order chi connectivity index (χ1) is 12.7. The maximum atomic E-state index is 9.64. The molecule has 0 fully saturated rings. The van der Waals surface area contributed by atoms with Gasteiger partial charge in [0.1, 0.15) is 23.2 Å². The van der Waals surface area contributed by atoms with Crippen molar-refractivity contribution in [3.63, 3.8) is 0 Å². The molecule has 1 aliphatic heterocycles. The van der Waals surface area contributed by atoms with Crippen molar-refractivity contribution in [3.8, 4) is 29.1 Å². The summed E-state index contributed by atoms with van der Waals surface area (Å²) >= 11 is 0. The van der Waals surface area contributed by atoms with Crippen LogP contribution in [0.5, 0.6) is 11.6 Å². The van der Waals surface area contributed by atoms with E-state index in [4.69, 9.17) is 15.2 Å². The number of ether oxygens (including phenoxy) is 2. The SMILES string of the molecule is COc1cccc([C@@H]2C(C#N)=C(N)Oc3nc(-c4ccccc4)[nH]c32)c1. The Kier molecular flexibility index (Phi) is 3.82. The number of hydrogen-bond donors (Lipinski definition) is 2. The molecule has 0 saturated heterocycles. The molecule has 2 heterocycles. The smallest absolute Gasteiger partial charge is 0.243 e. The first-order valence-corrected chi connectivity index (χ1v) is 8.08. The average molecular weight is 344 g/mol. The second-order valence-electron chi connectivity index (χ2n) is 5.87. The number of nitrogens with one attached hydrogen (secondary N) is 1. The maximum Gasteiger partial charge on any atom is 0.243 e. The van der Waals surface area contributed by atoms with Gasteiger partial charge in [-0.05, 0) is 17.7 Å². The van der Waals surface area contributed by atoms with Crippen molar-refractivity contribution in [3.05, 3.63) is 77.3 Å². The summed E-state index contributed by atoms with van der Waals surface area (Å²) in [5.74, 6) is 1.42. The summed E-state index contributed by atoms with van der Waals surface area (Å²) in [5, 5.41) is 9.64. The Morgan fingerprint density at radius 1 is 1.19 bits per heavy atom. The number of H-pyrrole nitrogens is 1. The lowest BCUT2D eigenvalue weighted by Gasteiger charge is -2.22. The Balaban J connectivity index is 1.87. The maximum absolute atomic E-state index is 9.64. The third-order valence-corrected chi connectivity index (χ3v) is 4.34. The summed E-state index contributed by atoms with van der Waals surface area (Å²) in [5.41, 5.74) is 8.83. The molecule has 3 N–H and O–H groups in total. The van der Waals surface area contributed by atoms with Gasteiger partial charge in [-0.25, -0.2) is 0 Å². The fourth-order valence-corrected chi connectivity index (χ4v) is 3.10. The first-order valence-electron chi connectivity index (χ1n) is 8.08. The highest BCUT2D eigenvalue weighted by Crippen LogP contribution is 2.42. The summed E-state index contributed by atoms with van der Waals surface area (Å²) in [6, 6.07) is 19.4. The second kappa shape index (κ2) is 6.30. The number of benzene rings is 2. The van der Waals surface area contributed by atoms with E-state index in [0.717, 1.165) is 11.1 Å². The van der Waals surface area contributed by atoms with E-state index in [1.807, 2.05) is 54.6 Å². The molecular weight excluding hydrogens is 328 g/mol. The quantitative estimate of drug-likeness (QED) is 0.760. The number of aromatic amines is 1. The van der Waals surface area contributed by atoms with Crippen molar-refractivity contribution in [2.75, 3.05) is 7.11 Å². The van der Waals surface area contributed by atoms with E-state index < -0.39 is 5.92 Å². The molecule has 0 saturated carbocycles. The molecule has 6 heteroatoms. The van der Waals surface area contributed by atoms with Crippen LogP contribution in [0.15, 0.2) is 66.1 Å². The zero-order valence-electron chi connectivity index (χ0n) is 14.1. The molecule has 1 atom stereocenters. The third kappa shape index (κ3) is 2.56. The number of allylic oxidation sites excluding steroid dienone is 1. The lowest BCUT2D eigenvalue weighted by Crippen LogP contribution is -2.21. The van der Waals surface area contributed by atoms with Crippen LogP contribution in [0.4, 0.5) is 0 Å². The molecule has 4 rings (SSSR count). The monoisotopic (exact) mass is 344 g/mol. The molecule has 0 bridgehead atoms.